The first kappa shape index (κ1) is 20.1. The Kier molecular flexibility index (Phi) is 6.63. The lowest BCUT2D eigenvalue weighted by Gasteiger charge is -2.13. The number of carbonyl (C=O) groups excluding carboxylic acids is 2. The molecule has 5 nitrogen and oxygen atoms in total. The van der Waals surface area contributed by atoms with Crippen LogP contribution in [0.15, 0.2) is 72.8 Å². The fraction of sp³-hybridized carbons (Fsp3) is 0.167. The van der Waals surface area contributed by atoms with Crippen molar-refractivity contribution >= 4 is 23.2 Å². The van der Waals surface area contributed by atoms with Gasteiger partial charge in [-0.3, -0.25) is 9.59 Å². The Morgan fingerprint density at radius 1 is 0.793 bits per heavy atom. The van der Waals surface area contributed by atoms with Crippen molar-refractivity contribution in [1.82, 2.24) is 5.32 Å². The number of anilines is 2. The van der Waals surface area contributed by atoms with Crippen LogP contribution in [0.5, 0.6) is 0 Å². The van der Waals surface area contributed by atoms with E-state index in [0.717, 1.165) is 22.4 Å². The third kappa shape index (κ3) is 5.69. The van der Waals surface area contributed by atoms with E-state index in [9.17, 15) is 9.59 Å². The van der Waals surface area contributed by atoms with Crippen LogP contribution in [0.3, 0.4) is 0 Å². The molecule has 0 unspecified atom stereocenters. The van der Waals surface area contributed by atoms with E-state index in [1.165, 1.54) is 0 Å². The SMILES string of the molecule is Cc1cccc(C)c1NCC(=O)Nc1ccc(C(=O)NCc2ccccc2)cc1. The van der Waals surface area contributed by atoms with Gasteiger partial charge in [0.15, 0.2) is 0 Å². The number of aryl methyl sites for hydroxylation is 2. The molecule has 0 fully saturated rings. The van der Waals surface area contributed by atoms with Gasteiger partial charge in [0.25, 0.3) is 5.91 Å². The number of amides is 2. The van der Waals surface area contributed by atoms with Crippen LogP contribution in [0, 0.1) is 13.8 Å². The summed E-state index contributed by atoms with van der Waals surface area (Å²) in [7, 11) is 0. The fourth-order valence-electron chi connectivity index (χ4n) is 3.05. The Balaban J connectivity index is 1.50. The van der Waals surface area contributed by atoms with E-state index in [4.69, 9.17) is 0 Å². The summed E-state index contributed by atoms with van der Waals surface area (Å²) in [5.41, 5.74) is 5.42. The second-order valence-electron chi connectivity index (χ2n) is 6.91. The highest BCUT2D eigenvalue weighted by Crippen LogP contribution is 2.19. The summed E-state index contributed by atoms with van der Waals surface area (Å²) in [6.45, 7) is 4.66. The summed E-state index contributed by atoms with van der Waals surface area (Å²) in [4.78, 5) is 24.5. The van der Waals surface area contributed by atoms with Gasteiger partial charge in [0.2, 0.25) is 5.91 Å². The van der Waals surface area contributed by atoms with E-state index < -0.39 is 0 Å². The van der Waals surface area contributed by atoms with Gasteiger partial charge in [0.05, 0.1) is 6.54 Å². The Bertz CT molecular complexity index is 963. The number of rotatable bonds is 7. The minimum absolute atomic E-state index is 0.145. The van der Waals surface area contributed by atoms with Crippen LogP contribution in [-0.2, 0) is 11.3 Å². The maximum Gasteiger partial charge on any atom is 0.251 e. The quantitative estimate of drug-likeness (QED) is 0.567. The first-order chi connectivity index (χ1) is 14.0. The molecule has 0 atom stereocenters. The van der Waals surface area contributed by atoms with Crippen LogP contribution < -0.4 is 16.0 Å². The first-order valence-electron chi connectivity index (χ1n) is 9.55. The predicted octanol–water partition coefficient (Wildman–Crippen LogP) is 4.28. The average Bonchev–Trinajstić information content (AvgIpc) is 2.73. The zero-order valence-electron chi connectivity index (χ0n) is 16.7. The van der Waals surface area contributed by atoms with E-state index >= 15 is 0 Å². The van der Waals surface area contributed by atoms with Gasteiger partial charge in [0, 0.05) is 23.5 Å². The number of hydrogen-bond donors (Lipinski definition) is 3. The minimum Gasteiger partial charge on any atom is -0.376 e. The van der Waals surface area contributed by atoms with E-state index in [1.807, 2.05) is 62.4 Å². The lowest BCUT2D eigenvalue weighted by atomic mass is 10.1. The molecule has 2 amide bonds. The van der Waals surface area contributed by atoms with Gasteiger partial charge >= 0.3 is 0 Å². The van der Waals surface area contributed by atoms with E-state index in [-0.39, 0.29) is 18.4 Å². The van der Waals surface area contributed by atoms with Crippen LogP contribution in [-0.4, -0.2) is 18.4 Å². The molecule has 0 aliphatic rings. The van der Waals surface area contributed by atoms with Crippen molar-refractivity contribution in [2.45, 2.75) is 20.4 Å². The van der Waals surface area contributed by atoms with Crippen molar-refractivity contribution in [3.63, 3.8) is 0 Å². The monoisotopic (exact) mass is 387 g/mol. The van der Waals surface area contributed by atoms with Gasteiger partial charge in [-0.05, 0) is 54.8 Å². The highest BCUT2D eigenvalue weighted by atomic mass is 16.2. The molecule has 0 radical (unpaired) electrons. The molecule has 0 spiro atoms. The molecule has 3 aromatic carbocycles. The van der Waals surface area contributed by atoms with Crippen molar-refractivity contribution < 1.29 is 9.59 Å². The lowest BCUT2D eigenvalue weighted by molar-refractivity contribution is -0.114. The van der Waals surface area contributed by atoms with Crippen molar-refractivity contribution in [1.29, 1.82) is 0 Å². The topological polar surface area (TPSA) is 70.2 Å². The summed E-state index contributed by atoms with van der Waals surface area (Å²) in [5, 5.41) is 8.92. The molecule has 0 bridgehead atoms. The van der Waals surface area contributed by atoms with Crippen molar-refractivity contribution in [2.75, 3.05) is 17.2 Å². The van der Waals surface area contributed by atoms with E-state index in [1.54, 1.807) is 24.3 Å². The van der Waals surface area contributed by atoms with Crippen LogP contribution in [0.2, 0.25) is 0 Å². The molecule has 29 heavy (non-hydrogen) atoms. The number of benzene rings is 3. The summed E-state index contributed by atoms with van der Waals surface area (Å²) >= 11 is 0. The van der Waals surface area contributed by atoms with Crippen LogP contribution in [0.4, 0.5) is 11.4 Å². The fourth-order valence-corrected chi connectivity index (χ4v) is 3.05. The van der Waals surface area contributed by atoms with Crippen molar-refractivity contribution in [3.05, 3.63) is 95.1 Å². The van der Waals surface area contributed by atoms with Gasteiger partial charge in [-0.25, -0.2) is 0 Å². The molecule has 148 valence electrons. The lowest BCUT2D eigenvalue weighted by Crippen LogP contribution is -2.23. The standard InChI is InChI=1S/C24H25N3O2/c1-17-7-6-8-18(2)23(17)25-16-22(28)27-21-13-11-20(12-14-21)24(29)26-15-19-9-4-3-5-10-19/h3-14,25H,15-16H2,1-2H3,(H,26,29)(H,27,28). The first-order valence-corrected chi connectivity index (χ1v) is 9.55. The van der Waals surface area contributed by atoms with Crippen LogP contribution >= 0.6 is 0 Å². The maximum atomic E-state index is 12.3. The smallest absolute Gasteiger partial charge is 0.251 e. The van der Waals surface area contributed by atoms with E-state index in [0.29, 0.717) is 17.8 Å². The zero-order chi connectivity index (χ0) is 20.6. The molecule has 0 aliphatic heterocycles. The second-order valence-corrected chi connectivity index (χ2v) is 6.91. The second kappa shape index (κ2) is 9.55. The third-order valence-electron chi connectivity index (χ3n) is 4.63. The zero-order valence-corrected chi connectivity index (χ0v) is 16.7. The molecule has 3 N–H and O–H groups in total. The summed E-state index contributed by atoms with van der Waals surface area (Å²) < 4.78 is 0. The largest absolute Gasteiger partial charge is 0.376 e. The molecule has 0 aromatic heterocycles. The maximum absolute atomic E-state index is 12.3. The average molecular weight is 387 g/mol. The molecular formula is C24H25N3O2. The molecule has 3 aromatic rings. The third-order valence-corrected chi connectivity index (χ3v) is 4.63. The Labute approximate surface area is 171 Å². The summed E-state index contributed by atoms with van der Waals surface area (Å²) in [6.07, 6.45) is 0. The van der Waals surface area contributed by atoms with Gasteiger partial charge in [0.1, 0.15) is 0 Å². The van der Waals surface area contributed by atoms with Crippen LogP contribution in [0.25, 0.3) is 0 Å². The van der Waals surface area contributed by atoms with Gasteiger partial charge in [-0.15, -0.1) is 0 Å². The highest BCUT2D eigenvalue weighted by Gasteiger charge is 2.08. The van der Waals surface area contributed by atoms with Crippen LogP contribution in [0.1, 0.15) is 27.0 Å². The molecule has 0 heterocycles. The number of nitrogens with one attached hydrogen (secondary N) is 3. The highest BCUT2D eigenvalue weighted by molar-refractivity contribution is 5.96. The van der Waals surface area contributed by atoms with E-state index in [2.05, 4.69) is 16.0 Å². The molecule has 5 heteroatoms. The predicted molar refractivity (Wildman–Crippen MR) is 117 cm³/mol. The summed E-state index contributed by atoms with van der Waals surface area (Å²) in [5.74, 6) is -0.294. The van der Waals surface area contributed by atoms with Crippen molar-refractivity contribution in [2.24, 2.45) is 0 Å². The molecule has 3 rings (SSSR count). The normalized spacial score (nSPS) is 10.3. The van der Waals surface area contributed by atoms with Gasteiger partial charge < -0.3 is 16.0 Å². The van der Waals surface area contributed by atoms with Crippen molar-refractivity contribution in [3.8, 4) is 0 Å². The van der Waals surface area contributed by atoms with Gasteiger partial charge in [-0.2, -0.15) is 0 Å². The number of para-hydroxylation sites is 1. The Morgan fingerprint density at radius 3 is 2.10 bits per heavy atom. The minimum atomic E-state index is -0.150. The molecule has 0 saturated carbocycles. The number of carbonyl (C=O) groups is 2. The molecule has 0 aliphatic carbocycles. The number of hydrogen-bond acceptors (Lipinski definition) is 3. The summed E-state index contributed by atoms with van der Waals surface area (Å²) in [6, 6.07) is 22.6. The molecule has 0 saturated heterocycles. The Hall–Kier alpha value is -3.60. The Morgan fingerprint density at radius 2 is 1.45 bits per heavy atom. The van der Waals surface area contributed by atoms with Gasteiger partial charge in [-0.1, -0.05) is 48.5 Å². The molecular weight excluding hydrogens is 362 g/mol.